The topological polar surface area (TPSA) is 64.0 Å². The first kappa shape index (κ1) is 18.5. The molecule has 9 heteroatoms. The quantitative estimate of drug-likeness (QED) is 0.778. The summed E-state index contributed by atoms with van der Waals surface area (Å²) in [4.78, 5) is -0.105. The summed E-state index contributed by atoms with van der Waals surface area (Å²) in [5.41, 5.74) is 2.55. The van der Waals surface area contributed by atoms with E-state index in [9.17, 15) is 8.42 Å². The molecule has 1 aromatic heterocycles. The van der Waals surface area contributed by atoms with Crippen LogP contribution in [-0.2, 0) is 23.1 Å². The van der Waals surface area contributed by atoms with Gasteiger partial charge >= 0.3 is 0 Å². The second-order valence-electron chi connectivity index (χ2n) is 4.99. The molecule has 1 aromatic carbocycles. The Morgan fingerprint density at radius 3 is 2.30 bits per heavy atom. The minimum atomic E-state index is -3.82. The van der Waals surface area contributed by atoms with Gasteiger partial charge in [0.2, 0.25) is 10.0 Å². The predicted molar refractivity (Wildman–Crippen MR) is 92.9 cm³/mol. The Morgan fingerprint density at radius 2 is 1.74 bits per heavy atom. The van der Waals surface area contributed by atoms with Crippen LogP contribution in [0.15, 0.2) is 17.0 Å². The fourth-order valence-corrected chi connectivity index (χ4v) is 4.25. The standard InChI is InChI=1S/C14H16Cl3N3O2S/c1-4-20-9(3)10(8(2)19-20)7-18-23(21,22)14-6-12(16)11(15)5-13(14)17/h5-6,18H,4,7H2,1-3H3. The van der Waals surface area contributed by atoms with Gasteiger partial charge < -0.3 is 0 Å². The number of hydrogen-bond donors (Lipinski definition) is 1. The maximum Gasteiger partial charge on any atom is 0.242 e. The lowest BCUT2D eigenvalue weighted by Gasteiger charge is -2.10. The summed E-state index contributed by atoms with van der Waals surface area (Å²) in [6.07, 6.45) is 0. The van der Waals surface area contributed by atoms with Crippen molar-refractivity contribution in [2.75, 3.05) is 0 Å². The van der Waals surface area contributed by atoms with Crippen molar-refractivity contribution >= 4 is 44.8 Å². The van der Waals surface area contributed by atoms with Crippen LogP contribution < -0.4 is 4.72 Å². The number of nitrogens with zero attached hydrogens (tertiary/aromatic N) is 2. The van der Waals surface area contributed by atoms with E-state index in [1.54, 1.807) is 0 Å². The van der Waals surface area contributed by atoms with Crippen molar-refractivity contribution in [3.8, 4) is 0 Å². The molecule has 0 saturated heterocycles. The molecular weight excluding hydrogens is 381 g/mol. The highest BCUT2D eigenvalue weighted by molar-refractivity contribution is 7.89. The molecule has 0 aliphatic carbocycles. The Morgan fingerprint density at radius 1 is 1.13 bits per heavy atom. The van der Waals surface area contributed by atoms with Crippen molar-refractivity contribution in [3.63, 3.8) is 0 Å². The molecule has 0 spiro atoms. The van der Waals surface area contributed by atoms with Gasteiger partial charge in [0, 0.05) is 24.3 Å². The van der Waals surface area contributed by atoms with Crippen LogP contribution in [0.3, 0.4) is 0 Å². The molecule has 0 fully saturated rings. The zero-order valence-corrected chi connectivity index (χ0v) is 15.9. The third-order valence-corrected chi connectivity index (χ3v) is 6.12. The van der Waals surface area contributed by atoms with E-state index in [4.69, 9.17) is 34.8 Å². The number of halogens is 3. The van der Waals surface area contributed by atoms with Gasteiger partial charge in [-0.15, -0.1) is 0 Å². The lowest BCUT2D eigenvalue weighted by atomic mass is 10.2. The highest BCUT2D eigenvalue weighted by Crippen LogP contribution is 2.31. The van der Waals surface area contributed by atoms with Gasteiger partial charge in [-0.05, 0) is 32.9 Å². The monoisotopic (exact) mass is 395 g/mol. The summed E-state index contributed by atoms with van der Waals surface area (Å²) in [5.74, 6) is 0. The van der Waals surface area contributed by atoms with Gasteiger partial charge in [0.05, 0.1) is 20.8 Å². The van der Waals surface area contributed by atoms with E-state index in [0.29, 0.717) is 0 Å². The number of aromatic nitrogens is 2. The molecule has 2 aromatic rings. The van der Waals surface area contributed by atoms with Crippen LogP contribution in [-0.4, -0.2) is 18.2 Å². The maximum absolute atomic E-state index is 12.5. The molecule has 0 atom stereocenters. The molecule has 2 rings (SSSR count). The average molecular weight is 397 g/mol. The summed E-state index contributed by atoms with van der Waals surface area (Å²) >= 11 is 17.7. The SMILES string of the molecule is CCn1nc(C)c(CNS(=O)(=O)c2cc(Cl)c(Cl)cc2Cl)c1C. The number of benzene rings is 1. The van der Waals surface area contributed by atoms with Crippen LogP contribution in [0.25, 0.3) is 0 Å². The van der Waals surface area contributed by atoms with E-state index in [-0.39, 0.29) is 26.5 Å². The van der Waals surface area contributed by atoms with Gasteiger partial charge in [-0.2, -0.15) is 5.10 Å². The largest absolute Gasteiger partial charge is 0.270 e. The van der Waals surface area contributed by atoms with Crippen molar-refractivity contribution in [2.24, 2.45) is 0 Å². The summed E-state index contributed by atoms with van der Waals surface area (Å²) in [6.45, 7) is 6.56. The fraction of sp³-hybridized carbons (Fsp3) is 0.357. The second-order valence-corrected chi connectivity index (χ2v) is 7.94. The van der Waals surface area contributed by atoms with Crippen LogP contribution in [0.1, 0.15) is 23.9 Å². The van der Waals surface area contributed by atoms with E-state index in [0.717, 1.165) is 23.5 Å². The van der Waals surface area contributed by atoms with Crippen molar-refractivity contribution < 1.29 is 8.42 Å². The molecule has 0 saturated carbocycles. The average Bonchev–Trinajstić information content (AvgIpc) is 2.75. The highest BCUT2D eigenvalue weighted by atomic mass is 35.5. The zero-order chi connectivity index (χ0) is 17.4. The third-order valence-electron chi connectivity index (χ3n) is 3.53. The lowest BCUT2D eigenvalue weighted by Crippen LogP contribution is -2.24. The van der Waals surface area contributed by atoms with Crippen molar-refractivity contribution in [1.29, 1.82) is 0 Å². The van der Waals surface area contributed by atoms with Crippen molar-refractivity contribution in [3.05, 3.63) is 44.2 Å². The molecule has 23 heavy (non-hydrogen) atoms. The Bertz CT molecular complexity index is 847. The maximum atomic E-state index is 12.5. The first-order valence-corrected chi connectivity index (χ1v) is 9.46. The summed E-state index contributed by atoms with van der Waals surface area (Å²) in [5, 5.41) is 4.71. The van der Waals surface area contributed by atoms with Crippen LogP contribution in [0.4, 0.5) is 0 Å². The molecule has 1 heterocycles. The van der Waals surface area contributed by atoms with E-state index in [1.165, 1.54) is 12.1 Å². The van der Waals surface area contributed by atoms with Gasteiger partial charge in [0.15, 0.2) is 0 Å². The Kier molecular flexibility index (Phi) is 5.63. The van der Waals surface area contributed by atoms with Gasteiger partial charge in [0.25, 0.3) is 0 Å². The molecule has 0 aliphatic rings. The number of rotatable bonds is 5. The van der Waals surface area contributed by atoms with E-state index in [2.05, 4.69) is 9.82 Å². The summed E-state index contributed by atoms with van der Waals surface area (Å²) in [7, 11) is -3.82. The third kappa shape index (κ3) is 3.83. The predicted octanol–water partition coefficient (Wildman–Crippen LogP) is 3.96. The smallest absolute Gasteiger partial charge is 0.242 e. The minimum absolute atomic E-state index is 0.0181. The summed E-state index contributed by atoms with van der Waals surface area (Å²) < 4.78 is 29.3. The van der Waals surface area contributed by atoms with Gasteiger partial charge in [-0.25, -0.2) is 13.1 Å². The van der Waals surface area contributed by atoms with E-state index >= 15 is 0 Å². The van der Waals surface area contributed by atoms with Gasteiger partial charge in [-0.1, -0.05) is 34.8 Å². The first-order valence-electron chi connectivity index (χ1n) is 6.84. The molecule has 1 N–H and O–H groups in total. The van der Waals surface area contributed by atoms with Crippen LogP contribution in [0.5, 0.6) is 0 Å². The Balaban J connectivity index is 2.30. The van der Waals surface area contributed by atoms with E-state index in [1.807, 2.05) is 25.5 Å². The number of nitrogens with one attached hydrogen (secondary N) is 1. The molecule has 0 radical (unpaired) electrons. The lowest BCUT2D eigenvalue weighted by molar-refractivity contribution is 0.581. The van der Waals surface area contributed by atoms with Gasteiger partial charge in [-0.3, -0.25) is 4.68 Å². The molecule has 0 unspecified atom stereocenters. The van der Waals surface area contributed by atoms with Crippen molar-refractivity contribution in [1.82, 2.24) is 14.5 Å². The fourth-order valence-electron chi connectivity index (χ4n) is 2.25. The van der Waals surface area contributed by atoms with Gasteiger partial charge in [0.1, 0.15) is 4.90 Å². The Labute approximate surface area is 150 Å². The summed E-state index contributed by atoms with van der Waals surface area (Å²) in [6, 6.07) is 2.55. The number of aryl methyl sites for hydroxylation is 2. The van der Waals surface area contributed by atoms with Crippen molar-refractivity contribution in [2.45, 2.75) is 38.8 Å². The Hall–Kier alpha value is -0.790. The van der Waals surface area contributed by atoms with E-state index < -0.39 is 10.0 Å². The molecular formula is C14H16Cl3N3O2S. The number of sulfonamides is 1. The van der Waals surface area contributed by atoms with Crippen LogP contribution >= 0.6 is 34.8 Å². The van der Waals surface area contributed by atoms with Crippen LogP contribution in [0.2, 0.25) is 15.1 Å². The second kappa shape index (κ2) is 6.99. The molecule has 0 aliphatic heterocycles. The molecule has 0 amide bonds. The molecule has 0 bridgehead atoms. The molecule has 126 valence electrons. The number of hydrogen-bond acceptors (Lipinski definition) is 3. The normalized spacial score (nSPS) is 11.9. The highest BCUT2D eigenvalue weighted by Gasteiger charge is 2.21. The van der Waals surface area contributed by atoms with Crippen LogP contribution in [0, 0.1) is 13.8 Å². The molecule has 5 nitrogen and oxygen atoms in total. The minimum Gasteiger partial charge on any atom is -0.270 e. The first-order chi connectivity index (χ1) is 10.7. The zero-order valence-electron chi connectivity index (χ0n) is 12.8.